The Balaban J connectivity index is 1.25. The van der Waals surface area contributed by atoms with Gasteiger partial charge in [0.2, 0.25) is 5.76 Å². The van der Waals surface area contributed by atoms with E-state index in [4.69, 9.17) is 27.7 Å². The molecule has 1 saturated heterocycles. The first-order chi connectivity index (χ1) is 17.9. The van der Waals surface area contributed by atoms with E-state index in [1.165, 1.54) is 17.1 Å². The Labute approximate surface area is 222 Å². The van der Waals surface area contributed by atoms with Gasteiger partial charge in [0.1, 0.15) is 0 Å². The summed E-state index contributed by atoms with van der Waals surface area (Å²) in [6.07, 6.45) is 3.62. The molecule has 0 aliphatic carbocycles. The first kappa shape index (κ1) is 25.0. The first-order valence-electron chi connectivity index (χ1n) is 11.8. The zero-order valence-corrected chi connectivity index (χ0v) is 21.3. The van der Waals surface area contributed by atoms with Crippen LogP contribution in [0.25, 0.3) is 10.9 Å². The molecule has 11 heteroatoms. The zero-order valence-electron chi connectivity index (χ0n) is 19.8. The SMILES string of the molecule is O=C(CCc1ccc(Cl)c(Cl)c1)Cn1cnc2ccc(N3CCN(C(=O)c4ccno4)CC3)cc2c1=O. The zero-order chi connectivity index (χ0) is 25.9. The van der Waals surface area contributed by atoms with Gasteiger partial charge in [-0.15, -0.1) is 0 Å². The average molecular weight is 540 g/mol. The molecule has 0 unspecified atom stereocenters. The van der Waals surface area contributed by atoms with Crippen LogP contribution in [0.1, 0.15) is 22.5 Å². The maximum atomic E-state index is 13.2. The summed E-state index contributed by atoms with van der Waals surface area (Å²) in [6, 6.07) is 12.3. The van der Waals surface area contributed by atoms with E-state index in [1.54, 1.807) is 35.2 Å². The van der Waals surface area contributed by atoms with Crippen LogP contribution in [0.5, 0.6) is 0 Å². The molecule has 2 aromatic heterocycles. The topological polar surface area (TPSA) is 102 Å². The molecule has 0 radical (unpaired) electrons. The van der Waals surface area contributed by atoms with Crippen LogP contribution in [0.2, 0.25) is 10.0 Å². The standard InChI is InChI=1S/C26H23Cl2N5O4/c27-21-5-2-17(13-22(21)28)1-4-19(34)15-33-16-29-23-6-3-18(14-20(23)25(33)35)31-9-11-32(12-10-31)26(36)24-7-8-30-37-24/h2-3,5-8,13-14,16H,1,4,9-12,15H2. The Morgan fingerprint density at radius 1 is 0.973 bits per heavy atom. The fourth-order valence-corrected chi connectivity index (χ4v) is 4.67. The molecule has 3 heterocycles. The van der Waals surface area contributed by atoms with Crippen molar-refractivity contribution in [1.29, 1.82) is 0 Å². The number of carbonyl (C=O) groups excluding carboxylic acids is 2. The van der Waals surface area contributed by atoms with Gasteiger partial charge in [0, 0.05) is 44.4 Å². The molecule has 5 rings (SSSR count). The molecular formula is C26H23Cl2N5O4. The summed E-state index contributed by atoms with van der Waals surface area (Å²) < 4.78 is 6.32. The molecule has 37 heavy (non-hydrogen) atoms. The van der Waals surface area contributed by atoms with E-state index >= 15 is 0 Å². The average Bonchev–Trinajstić information content (AvgIpc) is 3.46. The van der Waals surface area contributed by atoms with Gasteiger partial charge in [0.15, 0.2) is 5.78 Å². The van der Waals surface area contributed by atoms with Crippen molar-refractivity contribution in [3.05, 3.63) is 86.7 Å². The van der Waals surface area contributed by atoms with Crippen LogP contribution in [-0.4, -0.2) is 57.5 Å². The minimum Gasteiger partial charge on any atom is -0.368 e. The van der Waals surface area contributed by atoms with Crippen molar-refractivity contribution in [2.75, 3.05) is 31.1 Å². The smallest absolute Gasteiger partial charge is 0.292 e. The first-order valence-corrected chi connectivity index (χ1v) is 12.5. The highest BCUT2D eigenvalue weighted by molar-refractivity contribution is 6.42. The van der Waals surface area contributed by atoms with Gasteiger partial charge < -0.3 is 14.3 Å². The molecular weight excluding hydrogens is 517 g/mol. The molecule has 2 aromatic carbocycles. The van der Waals surface area contributed by atoms with Gasteiger partial charge in [-0.2, -0.15) is 0 Å². The number of hydrogen-bond donors (Lipinski definition) is 0. The Morgan fingerprint density at radius 3 is 2.51 bits per heavy atom. The predicted molar refractivity (Wildman–Crippen MR) is 140 cm³/mol. The summed E-state index contributed by atoms with van der Waals surface area (Å²) in [5.74, 6) is -0.0538. The number of aryl methyl sites for hydroxylation is 1. The lowest BCUT2D eigenvalue weighted by molar-refractivity contribution is -0.119. The summed E-state index contributed by atoms with van der Waals surface area (Å²) in [7, 11) is 0. The second-order valence-corrected chi connectivity index (χ2v) is 9.64. The van der Waals surface area contributed by atoms with Crippen LogP contribution in [-0.2, 0) is 17.8 Å². The van der Waals surface area contributed by atoms with Gasteiger partial charge in [-0.25, -0.2) is 4.98 Å². The van der Waals surface area contributed by atoms with Crippen LogP contribution in [0, 0.1) is 0 Å². The van der Waals surface area contributed by atoms with E-state index in [2.05, 4.69) is 15.0 Å². The monoisotopic (exact) mass is 539 g/mol. The van der Waals surface area contributed by atoms with Gasteiger partial charge in [-0.3, -0.25) is 19.0 Å². The summed E-state index contributed by atoms with van der Waals surface area (Å²) in [5.41, 5.74) is 2.06. The second kappa shape index (κ2) is 10.7. The number of Topliss-reactive ketones (excluding diaryl/α,β-unsaturated/α-hetero) is 1. The minimum atomic E-state index is -0.270. The Hall–Kier alpha value is -3.69. The molecule has 1 aliphatic rings. The van der Waals surface area contributed by atoms with Crippen LogP contribution in [0.15, 0.2) is 64.3 Å². The molecule has 0 saturated carbocycles. The lowest BCUT2D eigenvalue weighted by Crippen LogP contribution is -2.48. The van der Waals surface area contributed by atoms with Crippen LogP contribution in [0.4, 0.5) is 5.69 Å². The van der Waals surface area contributed by atoms with Gasteiger partial charge in [0.25, 0.3) is 11.5 Å². The normalized spacial score (nSPS) is 13.8. The summed E-state index contributed by atoms with van der Waals surface area (Å²) in [4.78, 5) is 46.5. The van der Waals surface area contributed by atoms with Gasteiger partial charge in [-0.05, 0) is 42.3 Å². The lowest BCUT2D eigenvalue weighted by Gasteiger charge is -2.35. The minimum absolute atomic E-state index is 0.0598. The third-order valence-corrected chi connectivity index (χ3v) is 7.15. The number of fused-ring (bicyclic) bond motifs is 1. The molecule has 4 aromatic rings. The highest BCUT2D eigenvalue weighted by atomic mass is 35.5. The molecule has 1 fully saturated rings. The molecule has 0 spiro atoms. The molecule has 0 bridgehead atoms. The van der Waals surface area contributed by atoms with Crippen molar-refractivity contribution in [3.8, 4) is 0 Å². The number of piperazine rings is 1. The Morgan fingerprint density at radius 2 is 1.78 bits per heavy atom. The number of amides is 1. The fourth-order valence-electron chi connectivity index (χ4n) is 4.35. The largest absolute Gasteiger partial charge is 0.368 e. The van der Waals surface area contributed by atoms with Gasteiger partial charge in [0.05, 0.1) is 40.0 Å². The molecule has 1 aliphatic heterocycles. The van der Waals surface area contributed by atoms with Gasteiger partial charge >= 0.3 is 0 Å². The number of nitrogens with zero attached hydrogens (tertiary/aromatic N) is 5. The van der Waals surface area contributed by atoms with Crippen molar-refractivity contribution in [2.24, 2.45) is 0 Å². The highest BCUT2D eigenvalue weighted by Gasteiger charge is 2.24. The highest BCUT2D eigenvalue weighted by Crippen LogP contribution is 2.23. The van der Waals surface area contributed by atoms with Crippen LogP contribution in [0.3, 0.4) is 0 Å². The number of halogens is 2. The predicted octanol–water partition coefficient (Wildman–Crippen LogP) is 3.86. The summed E-state index contributed by atoms with van der Waals surface area (Å²) in [5, 5.41) is 4.94. The molecule has 190 valence electrons. The number of aromatic nitrogens is 3. The van der Waals surface area contributed by atoms with Crippen LogP contribution >= 0.6 is 23.2 Å². The number of benzene rings is 2. The van der Waals surface area contributed by atoms with Crippen molar-refractivity contribution in [1.82, 2.24) is 19.6 Å². The molecule has 9 nitrogen and oxygen atoms in total. The third-order valence-electron chi connectivity index (χ3n) is 6.41. The van der Waals surface area contributed by atoms with Crippen molar-refractivity contribution >= 4 is 51.5 Å². The maximum absolute atomic E-state index is 13.2. The van der Waals surface area contributed by atoms with E-state index in [0.29, 0.717) is 53.5 Å². The quantitative estimate of drug-likeness (QED) is 0.351. The van der Waals surface area contributed by atoms with E-state index in [-0.39, 0.29) is 36.0 Å². The number of rotatable bonds is 7. The molecule has 1 amide bonds. The Bertz CT molecular complexity index is 1510. The van der Waals surface area contributed by atoms with Crippen molar-refractivity contribution in [2.45, 2.75) is 19.4 Å². The number of hydrogen-bond acceptors (Lipinski definition) is 7. The number of anilines is 1. The van der Waals surface area contributed by atoms with E-state index in [9.17, 15) is 14.4 Å². The summed E-state index contributed by atoms with van der Waals surface area (Å²) >= 11 is 12.0. The summed E-state index contributed by atoms with van der Waals surface area (Å²) in [6.45, 7) is 2.18. The van der Waals surface area contributed by atoms with Crippen LogP contribution < -0.4 is 10.5 Å². The van der Waals surface area contributed by atoms with E-state index < -0.39 is 0 Å². The van der Waals surface area contributed by atoms with Gasteiger partial charge in [-0.1, -0.05) is 34.4 Å². The molecule has 0 atom stereocenters. The van der Waals surface area contributed by atoms with E-state index in [1.807, 2.05) is 12.1 Å². The second-order valence-electron chi connectivity index (χ2n) is 8.82. The number of carbonyl (C=O) groups is 2. The number of ketones is 1. The third kappa shape index (κ3) is 5.52. The molecule has 0 N–H and O–H groups in total. The van der Waals surface area contributed by atoms with Crippen molar-refractivity contribution in [3.63, 3.8) is 0 Å². The fraction of sp³-hybridized carbons (Fsp3) is 0.269. The maximum Gasteiger partial charge on any atom is 0.292 e. The Kier molecular flexibility index (Phi) is 7.25. The lowest BCUT2D eigenvalue weighted by atomic mass is 10.1. The van der Waals surface area contributed by atoms with Crippen molar-refractivity contribution < 1.29 is 14.1 Å². The van der Waals surface area contributed by atoms with E-state index in [0.717, 1.165) is 11.3 Å².